The van der Waals surface area contributed by atoms with Gasteiger partial charge in [0.25, 0.3) is 0 Å². The highest BCUT2D eigenvalue weighted by molar-refractivity contribution is 5.21. The van der Waals surface area contributed by atoms with Gasteiger partial charge in [-0.2, -0.15) is 0 Å². The van der Waals surface area contributed by atoms with E-state index in [1.807, 2.05) is 6.20 Å². The van der Waals surface area contributed by atoms with E-state index in [0.717, 1.165) is 44.1 Å². The van der Waals surface area contributed by atoms with Gasteiger partial charge in [0.05, 0.1) is 5.69 Å². The zero-order valence-corrected chi connectivity index (χ0v) is 7.99. The van der Waals surface area contributed by atoms with E-state index < -0.39 is 0 Å². The van der Waals surface area contributed by atoms with Gasteiger partial charge in [0, 0.05) is 31.5 Å². The highest BCUT2D eigenvalue weighted by Crippen LogP contribution is 2.26. The zero-order chi connectivity index (χ0) is 9.38. The van der Waals surface area contributed by atoms with Crippen molar-refractivity contribution >= 4 is 0 Å². The summed E-state index contributed by atoms with van der Waals surface area (Å²) in [5.74, 6) is 0.866. The first-order valence-electron chi connectivity index (χ1n) is 5.10. The van der Waals surface area contributed by atoms with Crippen molar-refractivity contribution in [1.29, 1.82) is 0 Å². The lowest BCUT2D eigenvalue weighted by Crippen LogP contribution is -2.05. The third kappa shape index (κ3) is 1.31. The minimum absolute atomic E-state index is 0.140. The van der Waals surface area contributed by atoms with E-state index in [2.05, 4.69) is 15.3 Å². The van der Waals surface area contributed by atoms with Crippen LogP contribution in [0.15, 0.2) is 6.20 Å². The fraction of sp³-hybridized carbons (Fsp3) is 0.600. The molecule has 3 heterocycles. The topological polar surface area (TPSA) is 47.0 Å². The summed E-state index contributed by atoms with van der Waals surface area (Å²) in [6.07, 6.45) is 4.26. The first-order valence-corrected chi connectivity index (χ1v) is 5.10. The van der Waals surface area contributed by atoms with Gasteiger partial charge in [-0.05, 0) is 12.8 Å². The van der Waals surface area contributed by atoms with Crippen LogP contribution in [0.5, 0.6) is 0 Å². The summed E-state index contributed by atoms with van der Waals surface area (Å²) in [4.78, 5) is 8.89. The molecule has 1 aromatic heterocycles. The van der Waals surface area contributed by atoms with Gasteiger partial charge < -0.3 is 10.1 Å². The Morgan fingerprint density at radius 3 is 3.29 bits per heavy atom. The molecule has 1 unspecified atom stereocenters. The minimum Gasteiger partial charge on any atom is -0.370 e. The third-order valence-electron chi connectivity index (χ3n) is 2.80. The van der Waals surface area contributed by atoms with Crippen LogP contribution in [0.2, 0.25) is 0 Å². The standard InChI is InChI=1S/C10H13N3O/c1-2-9(14-3-1)10-12-5-7-4-11-6-8(7)13-10/h5,9,11H,1-4,6H2. The van der Waals surface area contributed by atoms with Crippen molar-refractivity contribution in [3.05, 3.63) is 23.3 Å². The first-order chi connectivity index (χ1) is 6.93. The zero-order valence-electron chi connectivity index (χ0n) is 7.99. The lowest BCUT2D eigenvalue weighted by molar-refractivity contribution is 0.105. The van der Waals surface area contributed by atoms with Crippen molar-refractivity contribution in [3.63, 3.8) is 0 Å². The van der Waals surface area contributed by atoms with Crippen molar-refractivity contribution in [2.75, 3.05) is 6.61 Å². The molecule has 0 saturated carbocycles. The number of hydrogen-bond donors (Lipinski definition) is 1. The van der Waals surface area contributed by atoms with E-state index in [1.165, 1.54) is 5.56 Å². The molecule has 0 amide bonds. The molecule has 1 atom stereocenters. The summed E-state index contributed by atoms with van der Waals surface area (Å²) in [5.41, 5.74) is 2.37. The molecule has 4 nitrogen and oxygen atoms in total. The van der Waals surface area contributed by atoms with Gasteiger partial charge in [0.2, 0.25) is 0 Å². The predicted molar refractivity (Wildman–Crippen MR) is 50.5 cm³/mol. The van der Waals surface area contributed by atoms with Gasteiger partial charge in [0.15, 0.2) is 5.82 Å². The number of nitrogens with zero attached hydrogens (tertiary/aromatic N) is 2. The summed E-state index contributed by atoms with van der Waals surface area (Å²) >= 11 is 0. The number of ether oxygens (including phenoxy) is 1. The Kier molecular flexibility index (Phi) is 1.96. The van der Waals surface area contributed by atoms with Crippen molar-refractivity contribution in [2.45, 2.75) is 32.0 Å². The molecular formula is C10H13N3O. The lowest BCUT2D eigenvalue weighted by atomic mass is 10.2. The molecule has 14 heavy (non-hydrogen) atoms. The molecule has 1 N–H and O–H groups in total. The van der Waals surface area contributed by atoms with Crippen molar-refractivity contribution in [2.24, 2.45) is 0 Å². The Balaban J connectivity index is 1.91. The molecule has 0 aliphatic carbocycles. The molecule has 4 heteroatoms. The number of hydrogen-bond acceptors (Lipinski definition) is 4. The van der Waals surface area contributed by atoms with E-state index in [1.54, 1.807) is 0 Å². The van der Waals surface area contributed by atoms with Crippen LogP contribution >= 0.6 is 0 Å². The fourth-order valence-electron chi connectivity index (χ4n) is 2.01. The monoisotopic (exact) mass is 191 g/mol. The number of fused-ring (bicyclic) bond motifs is 1. The molecule has 0 aromatic carbocycles. The molecule has 1 fully saturated rings. The molecule has 3 rings (SSSR count). The quantitative estimate of drug-likeness (QED) is 0.717. The second-order valence-electron chi connectivity index (χ2n) is 3.81. The van der Waals surface area contributed by atoms with Gasteiger partial charge in [-0.15, -0.1) is 0 Å². The molecule has 1 aromatic rings. The maximum Gasteiger partial charge on any atom is 0.157 e. The van der Waals surface area contributed by atoms with Crippen LogP contribution in [-0.2, 0) is 17.8 Å². The van der Waals surface area contributed by atoms with Crippen LogP contribution in [0.3, 0.4) is 0 Å². The normalized spacial score (nSPS) is 25.3. The van der Waals surface area contributed by atoms with Gasteiger partial charge in [-0.3, -0.25) is 0 Å². The van der Waals surface area contributed by atoms with Crippen LogP contribution in [0, 0.1) is 0 Å². The Bertz CT molecular complexity index is 347. The second kappa shape index (κ2) is 3.29. The lowest BCUT2D eigenvalue weighted by Gasteiger charge is -2.08. The van der Waals surface area contributed by atoms with Crippen molar-refractivity contribution in [3.8, 4) is 0 Å². The van der Waals surface area contributed by atoms with Crippen LogP contribution < -0.4 is 5.32 Å². The fourth-order valence-corrected chi connectivity index (χ4v) is 2.01. The number of nitrogens with one attached hydrogen (secondary N) is 1. The Labute approximate surface area is 82.7 Å². The van der Waals surface area contributed by atoms with Crippen LogP contribution in [-0.4, -0.2) is 16.6 Å². The SMILES string of the molecule is c1nc(C2CCCO2)nc2c1CNC2. The molecule has 2 aliphatic heterocycles. The first kappa shape index (κ1) is 8.32. The molecule has 0 radical (unpaired) electrons. The van der Waals surface area contributed by atoms with E-state index in [-0.39, 0.29) is 6.10 Å². The van der Waals surface area contributed by atoms with Gasteiger partial charge in [0.1, 0.15) is 6.10 Å². The Morgan fingerprint density at radius 1 is 1.43 bits per heavy atom. The maximum atomic E-state index is 5.55. The smallest absolute Gasteiger partial charge is 0.157 e. The largest absolute Gasteiger partial charge is 0.370 e. The maximum absolute atomic E-state index is 5.55. The highest BCUT2D eigenvalue weighted by atomic mass is 16.5. The van der Waals surface area contributed by atoms with Crippen LogP contribution in [0.1, 0.15) is 36.0 Å². The summed E-state index contributed by atoms with van der Waals surface area (Å²) in [6.45, 7) is 2.63. The van der Waals surface area contributed by atoms with Crippen LogP contribution in [0.4, 0.5) is 0 Å². The van der Waals surface area contributed by atoms with Gasteiger partial charge in [-0.25, -0.2) is 9.97 Å². The summed E-state index contributed by atoms with van der Waals surface area (Å²) in [7, 11) is 0. The summed E-state index contributed by atoms with van der Waals surface area (Å²) in [6, 6.07) is 0. The van der Waals surface area contributed by atoms with Crippen LogP contribution in [0.25, 0.3) is 0 Å². The molecule has 2 aliphatic rings. The van der Waals surface area contributed by atoms with Crippen molar-refractivity contribution < 1.29 is 4.74 Å². The molecule has 0 bridgehead atoms. The number of rotatable bonds is 1. The molecule has 74 valence electrons. The number of aromatic nitrogens is 2. The predicted octanol–water partition coefficient (Wildman–Crippen LogP) is 0.931. The minimum atomic E-state index is 0.140. The molecule has 1 saturated heterocycles. The van der Waals surface area contributed by atoms with E-state index >= 15 is 0 Å². The van der Waals surface area contributed by atoms with Gasteiger partial charge in [-0.1, -0.05) is 0 Å². The average Bonchev–Trinajstić information content (AvgIpc) is 2.88. The third-order valence-corrected chi connectivity index (χ3v) is 2.80. The Morgan fingerprint density at radius 2 is 2.43 bits per heavy atom. The van der Waals surface area contributed by atoms with E-state index in [4.69, 9.17) is 4.74 Å². The summed E-state index contributed by atoms with van der Waals surface area (Å²) < 4.78 is 5.55. The highest BCUT2D eigenvalue weighted by Gasteiger charge is 2.22. The van der Waals surface area contributed by atoms with E-state index in [9.17, 15) is 0 Å². The Hall–Kier alpha value is -1.00. The summed E-state index contributed by atoms with van der Waals surface area (Å²) in [5, 5.41) is 3.26. The van der Waals surface area contributed by atoms with E-state index in [0.29, 0.717) is 0 Å². The second-order valence-corrected chi connectivity index (χ2v) is 3.81. The molecular weight excluding hydrogens is 178 g/mol. The average molecular weight is 191 g/mol. The van der Waals surface area contributed by atoms with Gasteiger partial charge >= 0.3 is 0 Å². The van der Waals surface area contributed by atoms with Crippen molar-refractivity contribution in [1.82, 2.24) is 15.3 Å². The molecule has 0 spiro atoms.